The molecule has 23 heavy (non-hydrogen) atoms. The quantitative estimate of drug-likeness (QED) is 0.844. The Bertz CT molecular complexity index is 708. The van der Waals surface area contributed by atoms with Crippen molar-refractivity contribution in [2.45, 2.75) is 6.42 Å². The molecular formula is C17H17N5O. The SMILES string of the molecule is N#Cc1ccc(N2CCCN(C(=O)c3ccccn3)CC2)nc1. The summed E-state index contributed by atoms with van der Waals surface area (Å²) in [6.07, 6.45) is 4.09. The maximum Gasteiger partial charge on any atom is 0.272 e. The van der Waals surface area contributed by atoms with E-state index in [0.29, 0.717) is 24.3 Å². The van der Waals surface area contributed by atoms with Gasteiger partial charge in [0.15, 0.2) is 0 Å². The molecule has 0 aliphatic carbocycles. The number of carbonyl (C=O) groups excluding carboxylic acids is 1. The molecule has 1 saturated heterocycles. The highest BCUT2D eigenvalue weighted by Gasteiger charge is 2.21. The highest BCUT2D eigenvalue weighted by molar-refractivity contribution is 5.92. The van der Waals surface area contributed by atoms with Crippen LogP contribution in [0.3, 0.4) is 0 Å². The van der Waals surface area contributed by atoms with E-state index in [1.54, 1.807) is 30.6 Å². The molecule has 0 bridgehead atoms. The lowest BCUT2D eigenvalue weighted by Crippen LogP contribution is -2.35. The Morgan fingerprint density at radius 2 is 2.00 bits per heavy atom. The van der Waals surface area contributed by atoms with E-state index in [4.69, 9.17) is 5.26 Å². The smallest absolute Gasteiger partial charge is 0.272 e. The molecule has 1 aliphatic rings. The van der Waals surface area contributed by atoms with Gasteiger partial charge < -0.3 is 9.80 Å². The number of aromatic nitrogens is 2. The van der Waals surface area contributed by atoms with Crippen LogP contribution in [0.25, 0.3) is 0 Å². The normalized spacial score (nSPS) is 14.9. The minimum atomic E-state index is -0.0276. The van der Waals surface area contributed by atoms with Crippen molar-refractivity contribution in [3.05, 3.63) is 54.0 Å². The second kappa shape index (κ2) is 6.88. The van der Waals surface area contributed by atoms with Gasteiger partial charge in [-0.3, -0.25) is 9.78 Å². The first-order valence-electron chi connectivity index (χ1n) is 7.59. The van der Waals surface area contributed by atoms with Gasteiger partial charge in [-0.25, -0.2) is 4.98 Å². The Morgan fingerprint density at radius 3 is 2.70 bits per heavy atom. The molecule has 6 nitrogen and oxygen atoms in total. The molecule has 6 heteroatoms. The fourth-order valence-corrected chi connectivity index (χ4v) is 2.64. The topological polar surface area (TPSA) is 73.1 Å². The van der Waals surface area contributed by atoms with Crippen LogP contribution in [0.4, 0.5) is 5.82 Å². The first-order chi connectivity index (χ1) is 11.3. The van der Waals surface area contributed by atoms with E-state index >= 15 is 0 Å². The van der Waals surface area contributed by atoms with Crippen LogP contribution < -0.4 is 4.90 Å². The van der Waals surface area contributed by atoms with Crippen molar-refractivity contribution in [2.75, 3.05) is 31.1 Å². The fourth-order valence-electron chi connectivity index (χ4n) is 2.64. The molecule has 0 radical (unpaired) electrons. The van der Waals surface area contributed by atoms with E-state index in [1.807, 2.05) is 17.0 Å². The second-order valence-corrected chi connectivity index (χ2v) is 5.36. The number of hydrogen-bond acceptors (Lipinski definition) is 5. The first-order valence-corrected chi connectivity index (χ1v) is 7.59. The van der Waals surface area contributed by atoms with Crippen LogP contribution in [-0.2, 0) is 0 Å². The number of pyridine rings is 2. The first kappa shape index (κ1) is 15.0. The van der Waals surface area contributed by atoms with E-state index in [1.165, 1.54) is 0 Å². The monoisotopic (exact) mass is 307 g/mol. The molecule has 3 heterocycles. The van der Waals surface area contributed by atoms with Gasteiger partial charge in [0.25, 0.3) is 5.91 Å². The molecule has 116 valence electrons. The summed E-state index contributed by atoms with van der Waals surface area (Å²) in [4.78, 5) is 24.9. The van der Waals surface area contributed by atoms with Gasteiger partial charge in [0, 0.05) is 38.6 Å². The number of nitriles is 1. The van der Waals surface area contributed by atoms with Crippen molar-refractivity contribution in [3.63, 3.8) is 0 Å². The summed E-state index contributed by atoms with van der Waals surface area (Å²) >= 11 is 0. The summed E-state index contributed by atoms with van der Waals surface area (Å²) in [5.41, 5.74) is 1.04. The van der Waals surface area contributed by atoms with Crippen molar-refractivity contribution in [3.8, 4) is 6.07 Å². The maximum atomic E-state index is 12.5. The van der Waals surface area contributed by atoms with Crippen molar-refractivity contribution < 1.29 is 4.79 Å². The molecule has 0 spiro atoms. The van der Waals surface area contributed by atoms with Crippen molar-refractivity contribution in [1.82, 2.24) is 14.9 Å². The number of carbonyl (C=O) groups is 1. The Labute approximate surface area is 135 Å². The molecule has 0 saturated carbocycles. The van der Waals surface area contributed by atoms with Crippen LogP contribution in [0.1, 0.15) is 22.5 Å². The molecule has 1 amide bonds. The minimum Gasteiger partial charge on any atom is -0.355 e. The number of hydrogen-bond donors (Lipinski definition) is 0. The fraction of sp³-hybridized carbons (Fsp3) is 0.294. The number of anilines is 1. The summed E-state index contributed by atoms with van der Waals surface area (Å²) in [7, 11) is 0. The number of rotatable bonds is 2. The van der Waals surface area contributed by atoms with Crippen molar-refractivity contribution in [1.29, 1.82) is 5.26 Å². The average Bonchev–Trinajstić information content (AvgIpc) is 2.88. The van der Waals surface area contributed by atoms with Gasteiger partial charge in [-0.1, -0.05) is 6.07 Å². The van der Waals surface area contributed by atoms with Crippen LogP contribution in [0, 0.1) is 11.3 Å². The molecule has 0 aromatic carbocycles. The zero-order chi connectivity index (χ0) is 16.1. The summed E-state index contributed by atoms with van der Waals surface area (Å²) in [6.45, 7) is 2.90. The Hall–Kier alpha value is -2.94. The molecule has 1 fully saturated rings. The zero-order valence-corrected chi connectivity index (χ0v) is 12.7. The lowest BCUT2D eigenvalue weighted by molar-refractivity contribution is 0.0761. The van der Waals surface area contributed by atoms with Gasteiger partial charge >= 0.3 is 0 Å². The standard InChI is InChI=1S/C17H17N5O/c18-12-14-5-6-16(20-13-14)21-8-3-9-22(11-10-21)17(23)15-4-1-2-7-19-15/h1-2,4-7,13H,3,8-11H2. The van der Waals surface area contributed by atoms with Crippen molar-refractivity contribution in [2.24, 2.45) is 0 Å². The Morgan fingerprint density at radius 1 is 1.09 bits per heavy atom. The van der Waals surface area contributed by atoms with E-state index in [2.05, 4.69) is 20.9 Å². The maximum absolute atomic E-state index is 12.5. The van der Waals surface area contributed by atoms with Gasteiger partial charge in [0.1, 0.15) is 17.6 Å². The number of amides is 1. The zero-order valence-electron chi connectivity index (χ0n) is 12.7. The lowest BCUT2D eigenvalue weighted by atomic mass is 10.3. The third-order valence-corrected chi connectivity index (χ3v) is 3.87. The molecule has 0 unspecified atom stereocenters. The van der Waals surface area contributed by atoms with Gasteiger partial charge in [-0.2, -0.15) is 5.26 Å². The molecule has 3 rings (SSSR count). The van der Waals surface area contributed by atoms with Crippen LogP contribution in [0.2, 0.25) is 0 Å². The summed E-state index contributed by atoms with van der Waals surface area (Å²) in [6, 6.07) is 11.1. The molecule has 1 aliphatic heterocycles. The predicted octanol–water partition coefficient (Wildman–Crippen LogP) is 1.70. The Kier molecular flexibility index (Phi) is 4.48. The summed E-state index contributed by atoms with van der Waals surface area (Å²) < 4.78 is 0. The van der Waals surface area contributed by atoms with E-state index in [0.717, 1.165) is 25.3 Å². The molecular weight excluding hydrogens is 290 g/mol. The third kappa shape index (κ3) is 3.46. The third-order valence-electron chi connectivity index (χ3n) is 3.87. The van der Waals surface area contributed by atoms with Gasteiger partial charge in [0.05, 0.1) is 5.56 Å². The number of nitrogens with zero attached hydrogens (tertiary/aromatic N) is 5. The van der Waals surface area contributed by atoms with E-state index in [-0.39, 0.29) is 5.91 Å². The van der Waals surface area contributed by atoms with Gasteiger partial charge in [0.2, 0.25) is 0 Å². The van der Waals surface area contributed by atoms with E-state index < -0.39 is 0 Å². The van der Waals surface area contributed by atoms with Crippen LogP contribution in [0.5, 0.6) is 0 Å². The van der Waals surface area contributed by atoms with Crippen LogP contribution in [0.15, 0.2) is 42.7 Å². The lowest BCUT2D eigenvalue weighted by Gasteiger charge is -2.22. The second-order valence-electron chi connectivity index (χ2n) is 5.36. The van der Waals surface area contributed by atoms with Crippen LogP contribution >= 0.6 is 0 Å². The van der Waals surface area contributed by atoms with Gasteiger partial charge in [-0.05, 0) is 30.7 Å². The molecule has 0 N–H and O–H groups in total. The Balaban J connectivity index is 1.67. The van der Waals surface area contributed by atoms with E-state index in [9.17, 15) is 4.79 Å². The molecule has 2 aromatic rings. The average molecular weight is 307 g/mol. The molecule has 2 aromatic heterocycles. The van der Waals surface area contributed by atoms with Gasteiger partial charge in [-0.15, -0.1) is 0 Å². The highest BCUT2D eigenvalue weighted by atomic mass is 16.2. The molecule has 0 atom stereocenters. The van der Waals surface area contributed by atoms with Crippen molar-refractivity contribution >= 4 is 11.7 Å². The minimum absolute atomic E-state index is 0.0276. The summed E-state index contributed by atoms with van der Waals surface area (Å²) in [5, 5.41) is 8.83. The van der Waals surface area contributed by atoms with Crippen LogP contribution in [-0.4, -0.2) is 47.0 Å². The highest BCUT2D eigenvalue weighted by Crippen LogP contribution is 2.15. The summed E-state index contributed by atoms with van der Waals surface area (Å²) in [5.74, 6) is 0.816. The largest absolute Gasteiger partial charge is 0.355 e. The predicted molar refractivity (Wildman–Crippen MR) is 85.9 cm³/mol.